The van der Waals surface area contributed by atoms with Crippen LogP contribution in [0.25, 0.3) is 44.3 Å². The number of aromatic nitrogens is 2. The number of pyridine rings is 2. The average molecular weight is 883 g/mol. The zero-order valence-electron chi connectivity index (χ0n) is 44.7. The maximum atomic E-state index is 5.07. The predicted octanol–water partition coefficient (Wildman–Crippen LogP) is 19.9. The molecule has 352 valence electrons. The second-order valence-electron chi connectivity index (χ2n) is 13.9. The summed E-state index contributed by atoms with van der Waals surface area (Å²) in [6.07, 6.45) is 1.03. The van der Waals surface area contributed by atoms with Crippen molar-refractivity contribution in [1.82, 2.24) is 9.97 Å². The van der Waals surface area contributed by atoms with Gasteiger partial charge in [-0.1, -0.05) is 257 Å². The maximum Gasteiger partial charge on any atom is 0.0757 e. The van der Waals surface area contributed by atoms with E-state index >= 15 is 0 Å². The van der Waals surface area contributed by atoms with E-state index in [1.807, 2.05) is 111 Å². The molecule has 0 amide bonds. The molecule has 0 saturated heterocycles. The molecule has 2 nitrogen and oxygen atoms in total. The Kier molecular flexibility index (Phi) is 26.8. The molecule has 66 heavy (non-hydrogen) atoms. The summed E-state index contributed by atoms with van der Waals surface area (Å²) >= 11 is 0. The number of nitrogens with zero attached hydrogens (tertiary/aromatic N) is 2. The van der Waals surface area contributed by atoms with Gasteiger partial charge in [-0.15, -0.1) is 0 Å². The van der Waals surface area contributed by atoms with Gasteiger partial charge in [0.2, 0.25) is 0 Å². The molecule has 0 spiro atoms. The van der Waals surface area contributed by atoms with Crippen molar-refractivity contribution in [3.8, 4) is 22.5 Å². The summed E-state index contributed by atoms with van der Waals surface area (Å²) in [6, 6.07) is 58.5. The van der Waals surface area contributed by atoms with Crippen LogP contribution >= 0.6 is 0 Å². The van der Waals surface area contributed by atoms with E-state index in [0.29, 0.717) is 0 Å². The molecule has 2 heterocycles. The number of para-hydroxylation sites is 2. The molecule has 10 rings (SSSR count). The van der Waals surface area contributed by atoms with Crippen molar-refractivity contribution >= 4 is 21.8 Å². The SMILES string of the molecule is CC.CC.CC.CC.CC.CC.CC.CC.CC1(c2ccccc2)c2ccccc2-c2nc3ccccc3cc21.CCc1ccccc1C1(C)c2ccccc2-c2nc3ccccc3cc21. The molecule has 2 unspecified atom stereocenters. The standard InChI is InChI=1S/C25H21N.C23H17N.8C2H6/c1-3-17-10-4-7-13-20(17)25(2)21-14-8-6-12-19(21)24-22(25)16-18-11-5-9-15-23(18)26-24;1-23(17-10-3-2-4-11-17)19-13-7-6-12-18(19)22-20(23)15-16-9-5-8-14-21(16)24-22;8*1-2/h4-16H,3H2,1-2H3;2-15H,1H3;8*1-2H3. The van der Waals surface area contributed by atoms with Gasteiger partial charge in [0.25, 0.3) is 0 Å². The number of benzene rings is 6. The highest BCUT2D eigenvalue weighted by Crippen LogP contribution is 2.54. The Morgan fingerprint density at radius 3 is 1.11 bits per heavy atom. The predicted molar refractivity (Wildman–Crippen MR) is 299 cm³/mol. The lowest BCUT2D eigenvalue weighted by molar-refractivity contribution is 0.702. The van der Waals surface area contributed by atoms with Crippen LogP contribution in [0, 0.1) is 0 Å². The lowest BCUT2D eigenvalue weighted by Crippen LogP contribution is -2.24. The first-order valence-corrected chi connectivity index (χ1v) is 25.7. The van der Waals surface area contributed by atoms with Gasteiger partial charge in [-0.2, -0.15) is 0 Å². The van der Waals surface area contributed by atoms with Gasteiger partial charge in [0.1, 0.15) is 0 Å². The largest absolute Gasteiger partial charge is 0.247 e. The lowest BCUT2D eigenvalue weighted by Gasteiger charge is -2.30. The first-order chi connectivity index (χ1) is 32.5. The lowest BCUT2D eigenvalue weighted by atomic mass is 9.72. The van der Waals surface area contributed by atoms with Crippen LogP contribution in [0.3, 0.4) is 0 Å². The summed E-state index contributed by atoms with van der Waals surface area (Å²) in [6.45, 7) is 38.9. The summed E-state index contributed by atoms with van der Waals surface area (Å²) in [7, 11) is 0. The summed E-state index contributed by atoms with van der Waals surface area (Å²) in [5.74, 6) is 0. The van der Waals surface area contributed by atoms with E-state index in [0.717, 1.165) is 28.8 Å². The van der Waals surface area contributed by atoms with Gasteiger partial charge in [0.15, 0.2) is 0 Å². The summed E-state index contributed by atoms with van der Waals surface area (Å²) in [5.41, 5.74) is 16.0. The number of hydrogen-bond donors (Lipinski definition) is 0. The van der Waals surface area contributed by atoms with Crippen molar-refractivity contribution in [2.45, 2.75) is 149 Å². The Labute approximate surface area is 404 Å². The molecular formula is C64H86N2. The number of fused-ring (bicyclic) bond motifs is 8. The van der Waals surface area contributed by atoms with Crippen LogP contribution in [-0.4, -0.2) is 9.97 Å². The van der Waals surface area contributed by atoms with Gasteiger partial charge >= 0.3 is 0 Å². The second kappa shape index (κ2) is 30.4. The first-order valence-electron chi connectivity index (χ1n) is 25.7. The minimum atomic E-state index is -0.171. The third kappa shape index (κ3) is 11.7. The molecular weight excluding hydrogens is 797 g/mol. The molecule has 0 radical (unpaired) electrons. The Hall–Kier alpha value is -5.86. The van der Waals surface area contributed by atoms with Gasteiger partial charge in [-0.05, 0) is 83.5 Å². The van der Waals surface area contributed by atoms with Crippen molar-refractivity contribution in [2.75, 3.05) is 0 Å². The molecule has 0 N–H and O–H groups in total. The van der Waals surface area contributed by atoms with Gasteiger partial charge in [0.05, 0.1) is 22.4 Å². The van der Waals surface area contributed by atoms with Crippen molar-refractivity contribution in [3.05, 3.63) is 203 Å². The highest BCUT2D eigenvalue weighted by atomic mass is 14.7. The summed E-state index contributed by atoms with van der Waals surface area (Å²) in [4.78, 5) is 10.1. The minimum Gasteiger partial charge on any atom is -0.247 e. The molecule has 0 aliphatic heterocycles. The number of rotatable bonds is 3. The van der Waals surface area contributed by atoms with Gasteiger partial charge in [-0.25, -0.2) is 9.97 Å². The van der Waals surface area contributed by atoms with E-state index in [1.165, 1.54) is 60.8 Å². The van der Waals surface area contributed by atoms with Crippen molar-refractivity contribution in [2.24, 2.45) is 0 Å². The molecule has 2 heteroatoms. The van der Waals surface area contributed by atoms with E-state index < -0.39 is 0 Å². The molecule has 2 aromatic heterocycles. The van der Waals surface area contributed by atoms with Crippen molar-refractivity contribution in [3.63, 3.8) is 0 Å². The Balaban J connectivity index is 0.000000509. The van der Waals surface area contributed by atoms with Gasteiger partial charge in [0, 0.05) is 32.7 Å². The fourth-order valence-corrected chi connectivity index (χ4v) is 8.64. The van der Waals surface area contributed by atoms with Crippen LogP contribution in [0.4, 0.5) is 0 Å². The van der Waals surface area contributed by atoms with Crippen molar-refractivity contribution < 1.29 is 0 Å². The Morgan fingerprint density at radius 1 is 0.333 bits per heavy atom. The first kappa shape index (κ1) is 58.2. The van der Waals surface area contributed by atoms with E-state index in [1.54, 1.807) is 0 Å². The summed E-state index contributed by atoms with van der Waals surface area (Å²) in [5, 5.41) is 2.41. The molecule has 8 aromatic rings. The van der Waals surface area contributed by atoms with Gasteiger partial charge in [-0.3, -0.25) is 0 Å². The van der Waals surface area contributed by atoms with E-state index in [2.05, 4.69) is 185 Å². The van der Waals surface area contributed by atoms with Crippen LogP contribution in [0.1, 0.15) is 170 Å². The normalized spacial score (nSPS) is 14.5. The monoisotopic (exact) mass is 883 g/mol. The van der Waals surface area contributed by atoms with E-state index in [4.69, 9.17) is 9.97 Å². The summed E-state index contributed by atoms with van der Waals surface area (Å²) < 4.78 is 0. The fraction of sp³-hybridized carbons (Fsp3) is 0.344. The molecule has 2 atom stereocenters. The topological polar surface area (TPSA) is 25.8 Å². The van der Waals surface area contributed by atoms with Gasteiger partial charge < -0.3 is 0 Å². The highest BCUT2D eigenvalue weighted by Gasteiger charge is 2.43. The van der Waals surface area contributed by atoms with E-state index in [9.17, 15) is 0 Å². The van der Waals surface area contributed by atoms with Crippen LogP contribution < -0.4 is 0 Å². The highest BCUT2D eigenvalue weighted by molar-refractivity contribution is 5.91. The Morgan fingerprint density at radius 2 is 0.667 bits per heavy atom. The third-order valence-electron chi connectivity index (χ3n) is 11.3. The molecule has 0 fully saturated rings. The fourth-order valence-electron chi connectivity index (χ4n) is 8.64. The molecule has 2 aliphatic carbocycles. The smallest absolute Gasteiger partial charge is 0.0757 e. The van der Waals surface area contributed by atoms with Crippen LogP contribution in [-0.2, 0) is 17.3 Å². The zero-order chi connectivity index (χ0) is 49.9. The minimum absolute atomic E-state index is 0.162. The van der Waals surface area contributed by atoms with Crippen LogP contribution in [0.5, 0.6) is 0 Å². The third-order valence-corrected chi connectivity index (χ3v) is 11.3. The molecule has 0 saturated carbocycles. The second-order valence-corrected chi connectivity index (χ2v) is 13.9. The maximum absolute atomic E-state index is 5.07. The van der Waals surface area contributed by atoms with Crippen molar-refractivity contribution in [1.29, 1.82) is 0 Å². The number of aryl methyl sites for hydroxylation is 1. The Bertz CT molecular complexity index is 2570. The number of hydrogen-bond acceptors (Lipinski definition) is 2. The quantitative estimate of drug-likeness (QED) is 0.177. The molecule has 6 aromatic carbocycles. The molecule has 2 aliphatic rings. The van der Waals surface area contributed by atoms with E-state index in [-0.39, 0.29) is 10.8 Å². The zero-order valence-corrected chi connectivity index (χ0v) is 44.7. The molecule has 0 bridgehead atoms. The van der Waals surface area contributed by atoms with Crippen LogP contribution in [0.2, 0.25) is 0 Å². The van der Waals surface area contributed by atoms with Crippen LogP contribution in [0.15, 0.2) is 164 Å². The average Bonchev–Trinajstić information content (AvgIpc) is 3.84.